The summed E-state index contributed by atoms with van der Waals surface area (Å²) >= 11 is 0. The number of unbranched alkanes of at least 4 members (excludes halogenated alkanes) is 17. The van der Waals surface area contributed by atoms with Crippen molar-refractivity contribution in [3.8, 4) is 0 Å². The van der Waals surface area contributed by atoms with Crippen molar-refractivity contribution in [1.82, 2.24) is 0 Å². The van der Waals surface area contributed by atoms with E-state index in [-0.39, 0.29) is 44.0 Å². The summed E-state index contributed by atoms with van der Waals surface area (Å²) in [7, 11) is 0. The molecular formula is C56H92O6. The minimum Gasteiger partial charge on any atom is -0.462 e. The Morgan fingerprint density at radius 1 is 0.323 bits per heavy atom. The predicted octanol–water partition coefficient (Wildman–Crippen LogP) is 16.6. The van der Waals surface area contributed by atoms with E-state index < -0.39 is 6.10 Å². The highest BCUT2D eigenvalue weighted by Gasteiger charge is 2.19. The third kappa shape index (κ3) is 47.4. The fourth-order valence-electron chi connectivity index (χ4n) is 6.48. The van der Waals surface area contributed by atoms with Crippen LogP contribution in [0.1, 0.15) is 220 Å². The van der Waals surface area contributed by atoms with Crippen molar-refractivity contribution < 1.29 is 28.6 Å². The molecule has 0 aromatic heterocycles. The lowest BCUT2D eigenvalue weighted by molar-refractivity contribution is -0.167. The maximum Gasteiger partial charge on any atom is 0.306 e. The van der Waals surface area contributed by atoms with Crippen LogP contribution in [0.3, 0.4) is 0 Å². The zero-order valence-corrected chi connectivity index (χ0v) is 40.1. The minimum atomic E-state index is -0.826. The molecular weight excluding hydrogens is 769 g/mol. The van der Waals surface area contributed by atoms with Crippen LogP contribution in [0.15, 0.2) is 97.2 Å². The molecule has 6 heteroatoms. The first kappa shape index (κ1) is 58.3. The lowest BCUT2D eigenvalue weighted by atomic mass is 10.1. The monoisotopic (exact) mass is 861 g/mol. The third-order valence-corrected chi connectivity index (χ3v) is 10.3. The van der Waals surface area contributed by atoms with E-state index in [4.69, 9.17) is 14.2 Å². The molecule has 0 radical (unpaired) electrons. The van der Waals surface area contributed by atoms with Gasteiger partial charge in [0, 0.05) is 19.3 Å². The van der Waals surface area contributed by atoms with Gasteiger partial charge in [0.2, 0.25) is 0 Å². The van der Waals surface area contributed by atoms with Crippen LogP contribution in [0.5, 0.6) is 0 Å². The summed E-state index contributed by atoms with van der Waals surface area (Å²) in [4.78, 5) is 37.8. The van der Waals surface area contributed by atoms with Crippen LogP contribution in [0.25, 0.3) is 0 Å². The van der Waals surface area contributed by atoms with Crippen LogP contribution >= 0.6 is 0 Å². The first-order valence-electron chi connectivity index (χ1n) is 25.2. The SMILES string of the molecule is CCCCC/C=C\C/C=C\C/C=C\C/C=C\CCCC(=O)OC[C@@H](COC(=O)CCCCCCCCCCCC)OC(=O)CCC/C=C\C/C=C\C/C=C\C/C=C\CCCCC. The number of esters is 3. The van der Waals surface area contributed by atoms with Gasteiger partial charge in [-0.2, -0.15) is 0 Å². The molecule has 6 nitrogen and oxygen atoms in total. The van der Waals surface area contributed by atoms with Crippen molar-refractivity contribution in [2.75, 3.05) is 13.2 Å². The average Bonchev–Trinajstić information content (AvgIpc) is 3.27. The minimum absolute atomic E-state index is 0.116. The Morgan fingerprint density at radius 3 is 0.968 bits per heavy atom. The second-order valence-corrected chi connectivity index (χ2v) is 16.4. The standard InChI is InChI=1S/C56H92O6/c1-4-7-10-13-16-19-22-24-26-28-30-32-34-37-40-43-46-49-55(58)61-52-53(51-60-54(57)48-45-42-39-36-21-18-15-12-9-6-3)62-56(59)50-47-44-41-38-35-33-31-29-27-25-23-20-17-14-11-8-5-2/h16-17,19-20,24-27,30-33,37-38,40-41,53H,4-15,18,21-23,28-29,34-36,39,42-52H2,1-3H3/b19-16-,20-17-,26-24-,27-25-,32-30-,33-31-,40-37-,41-38-/t53-/m1/s1. The first-order chi connectivity index (χ1) is 30.5. The summed E-state index contributed by atoms with van der Waals surface area (Å²) in [6.07, 6.45) is 65.4. The summed E-state index contributed by atoms with van der Waals surface area (Å²) in [6, 6.07) is 0. The van der Waals surface area contributed by atoms with Crippen molar-refractivity contribution >= 4 is 17.9 Å². The van der Waals surface area contributed by atoms with E-state index in [1.165, 1.54) is 96.3 Å². The van der Waals surface area contributed by atoms with E-state index >= 15 is 0 Å². The summed E-state index contributed by atoms with van der Waals surface area (Å²) in [6.45, 7) is 6.46. The van der Waals surface area contributed by atoms with Crippen molar-refractivity contribution in [2.45, 2.75) is 226 Å². The number of carbonyl (C=O) groups is 3. The Kier molecular flexibility index (Phi) is 47.0. The molecule has 0 saturated heterocycles. The van der Waals surface area contributed by atoms with E-state index in [1.54, 1.807) is 0 Å². The first-order valence-corrected chi connectivity index (χ1v) is 25.2. The van der Waals surface area contributed by atoms with Gasteiger partial charge in [-0.1, -0.05) is 201 Å². The van der Waals surface area contributed by atoms with Crippen LogP contribution in [0.2, 0.25) is 0 Å². The van der Waals surface area contributed by atoms with Gasteiger partial charge in [-0.15, -0.1) is 0 Å². The highest BCUT2D eigenvalue weighted by atomic mass is 16.6. The molecule has 0 spiro atoms. The smallest absolute Gasteiger partial charge is 0.306 e. The molecule has 1 atom stereocenters. The number of allylic oxidation sites excluding steroid dienone is 16. The second-order valence-electron chi connectivity index (χ2n) is 16.4. The van der Waals surface area contributed by atoms with Crippen molar-refractivity contribution in [3.63, 3.8) is 0 Å². The molecule has 0 amide bonds. The molecule has 0 saturated carbocycles. The molecule has 352 valence electrons. The molecule has 0 aliphatic carbocycles. The summed E-state index contributed by atoms with van der Waals surface area (Å²) in [5.41, 5.74) is 0. The molecule has 0 aliphatic rings. The fourth-order valence-corrected chi connectivity index (χ4v) is 6.48. The number of rotatable bonds is 44. The van der Waals surface area contributed by atoms with Crippen LogP contribution in [0, 0.1) is 0 Å². The zero-order chi connectivity index (χ0) is 45.1. The van der Waals surface area contributed by atoms with Gasteiger partial charge in [0.15, 0.2) is 6.10 Å². The van der Waals surface area contributed by atoms with E-state index in [0.717, 1.165) is 70.6 Å². The van der Waals surface area contributed by atoms with Crippen LogP contribution in [0.4, 0.5) is 0 Å². The molecule has 0 aliphatic heterocycles. The van der Waals surface area contributed by atoms with Gasteiger partial charge in [-0.05, 0) is 96.3 Å². The number of ether oxygens (including phenoxy) is 3. The Bertz CT molecular complexity index is 1260. The summed E-state index contributed by atoms with van der Waals surface area (Å²) in [5, 5.41) is 0. The van der Waals surface area contributed by atoms with Crippen molar-refractivity contribution in [3.05, 3.63) is 97.2 Å². The third-order valence-electron chi connectivity index (χ3n) is 10.3. The maximum atomic E-state index is 12.8. The lowest BCUT2D eigenvalue weighted by Crippen LogP contribution is -2.30. The summed E-state index contributed by atoms with van der Waals surface area (Å²) in [5.74, 6) is -1.04. The average molecular weight is 861 g/mol. The van der Waals surface area contributed by atoms with E-state index in [0.29, 0.717) is 19.3 Å². The van der Waals surface area contributed by atoms with E-state index in [2.05, 4.69) is 118 Å². The van der Waals surface area contributed by atoms with Crippen molar-refractivity contribution in [1.29, 1.82) is 0 Å². The van der Waals surface area contributed by atoms with Gasteiger partial charge >= 0.3 is 17.9 Å². The van der Waals surface area contributed by atoms with Gasteiger partial charge in [0.1, 0.15) is 13.2 Å². The van der Waals surface area contributed by atoms with E-state index in [9.17, 15) is 14.4 Å². The van der Waals surface area contributed by atoms with Crippen LogP contribution in [-0.4, -0.2) is 37.2 Å². The highest BCUT2D eigenvalue weighted by Crippen LogP contribution is 2.13. The van der Waals surface area contributed by atoms with Gasteiger partial charge in [0.25, 0.3) is 0 Å². The molecule has 0 fully saturated rings. The molecule has 0 bridgehead atoms. The highest BCUT2D eigenvalue weighted by molar-refractivity contribution is 5.71. The zero-order valence-electron chi connectivity index (χ0n) is 40.1. The van der Waals surface area contributed by atoms with Gasteiger partial charge in [0.05, 0.1) is 0 Å². The predicted molar refractivity (Wildman–Crippen MR) is 265 cm³/mol. The maximum absolute atomic E-state index is 12.8. The van der Waals surface area contributed by atoms with Gasteiger partial charge < -0.3 is 14.2 Å². The second kappa shape index (κ2) is 50.0. The van der Waals surface area contributed by atoms with Crippen LogP contribution < -0.4 is 0 Å². The Labute approximate surface area is 381 Å². The topological polar surface area (TPSA) is 78.9 Å². The molecule has 0 aromatic carbocycles. The van der Waals surface area contributed by atoms with Gasteiger partial charge in [-0.3, -0.25) is 14.4 Å². The molecule has 0 N–H and O–H groups in total. The number of carbonyl (C=O) groups excluding carboxylic acids is 3. The van der Waals surface area contributed by atoms with Crippen molar-refractivity contribution in [2.24, 2.45) is 0 Å². The number of hydrogen-bond acceptors (Lipinski definition) is 6. The quantitative estimate of drug-likeness (QED) is 0.0263. The molecule has 0 aromatic rings. The molecule has 0 unspecified atom stereocenters. The van der Waals surface area contributed by atoms with Gasteiger partial charge in [-0.25, -0.2) is 0 Å². The lowest BCUT2D eigenvalue weighted by Gasteiger charge is -2.18. The molecule has 0 rings (SSSR count). The Hall–Kier alpha value is -3.67. The molecule has 62 heavy (non-hydrogen) atoms. The molecule has 0 heterocycles. The normalized spacial score (nSPS) is 12.9. The van der Waals surface area contributed by atoms with Crippen LogP contribution in [-0.2, 0) is 28.6 Å². The fraction of sp³-hybridized carbons (Fsp3) is 0.661. The number of hydrogen-bond donors (Lipinski definition) is 0. The summed E-state index contributed by atoms with van der Waals surface area (Å²) < 4.78 is 16.7. The van der Waals surface area contributed by atoms with E-state index in [1.807, 2.05) is 0 Å². The Balaban J connectivity index is 4.55. The Morgan fingerprint density at radius 2 is 0.597 bits per heavy atom. The largest absolute Gasteiger partial charge is 0.462 e.